The molecular formula is C24H36N2O3. The standard InChI is InChI=1S/C24H36N2O3/c1-3-5-6-7-8-9-10-11-12-15-18-25-23(28)21-22(27)19-16-13-14-17-20(19)26(4-2)24(21)29/h13-14,16-17,27H,3-12,15,18H2,1-2H3,(H,25,28). The lowest BCUT2D eigenvalue weighted by Gasteiger charge is -2.13. The molecule has 1 amide bonds. The number of carbonyl (C=O) groups is 1. The van der Waals surface area contributed by atoms with Gasteiger partial charge in [-0.15, -0.1) is 0 Å². The van der Waals surface area contributed by atoms with Gasteiger partial charge in [0.25, 0.3) is 11.5 Å². The van der Waals surface area contributed by atoms with Crippen LogP contribution in [0.5, 0.6) is 5.75 Å². The summed E-state index contributed by atoms with van der Waals surface area (Å²) in [4.78, 5) is 25.3. The van der Waals surface area contributed by atoms with E-state index in [1.807, 2.05) is 13.0 Å². The zero-order valence-electron chi connectivity index (χ0n) is 18.0. The van der Waals surface area contributed by atoms with Crippen molar-refractivity contribution in [2.45, 2.75) is 84.6 Å². The van der Waals surface area contributed by atoms with Gasteiger partial charge in [-0.3, -0.25) is 9.59 Å². The van der Waals surface area contributed by atoms with Crippen LogP contribution in [0.25, 0.3) is 10.9 Å². The lowest BCUT2D eigenvalue weighted by atomic mass is 10.1. The third-order valence-corrected chi connectivity index (χ3v) is 5.50. The number of pyridine rings is 1. The normalized spacial score (nSPS) is 11.1. The van der Waals surface area contributed by atoms with Crippen LogP contribution in [0.3, 0.4) is 0 Å². The summed E-state index contributed by atoms with van der Waals surface area (Å²) >= 11 is 0. The van der Waals surface area contributed by atoms with Crippen LogP contribution in [0.1, 0.15) is 88.4 Å². The molecule has 0 radical (unpaired) electrons. The van der Waals surface area contributed by atoms with Gasteiger partial charge in [0.05, 0.1) is 5.52 Å². The number of carbonyl (C=O) groups excluding carboxylic acids is 1. The number of aromatic nitrogens is 1. The van der Waals surface area contributed by atoms with Crippen molar-refractivity contribution in [3.8, 4) is 5.75 Å². The largest absolute Gasteiger partial charge is 0.506 e. The van der Waals surface area contributed by atoms with E-state index in [0.717, 1.165) is 12.8 Å². The number of unbranched alkanes of at least 4 members (excludes halogenated alkanes) is 9. The van der Waals surface area contributed by atoms with E-state index in [4.69, 9.17) is 0 Å². The van der Waals surface area contributed by atoms with Gasteiger partial charge in [0.1, 0.15) is 11.3 Å². The summed E-state index contributed by atoms with van der Waals surface area (Å²) < 4.78 is 1.53. The summed E-state index contributed by atoms with van der Waals surface area (Å²) in [6.45, 7) is 5.06. The molecule has 2 rings (SSSR count). The zero-order chi connectivity index (χ0) is 21.1. The van der Waals surface area contributed by atoms with Crippen LogP contribution < -0.4 is 10.9 Å². The minimum Gasteiger partial charge on any atom is -0.506 e. The number of fused-ring (bicyclic) bond motifs is 1. The van der Waals surface area contributed by atoms with E-state index in [2.05, 4.69) is 12.2 Å². The molecule has 5 nitrogen and oxygen atoms in total. The van der Waals surface area contributed by atoms with Crippen LogP contribution in [-0.2, 0) is 6.54 Å². The molecular weight excluding hydrogens is 364 g/mol. The van der Waals surface area contributed by atoms with Crippen LogP contribution in [0, 0.1) is 0 Å². The van der Waals surface area contributed by atoms with E-state index >= 15 is 0 Å². The van der Waals surface area contributed by atoms with E-state index in [9.17, 15) is 14.7 Å². The Balaban J connectivity index is 1.81. The second-order valence-corrected chi connectivity index (χ2v) is 7.73. The second kappa shape index (κ2) is 12.3. The number of hydrogen-bond donors (Lipinski definition) is 2. The molecule has 5 heteroatoms. The van der Waals surface area contributed by atoms with Crippen molar-refractivity contribution < 1.29 is 9.90 Å². The van der Waals surface area contributed by atoms with Crippen LogP contribution in [-0.4, -0.2) is 22.1 Å². The number of rotatable bonds is 13. The minimum atomic E-state index is -0.489. The fraction of sp³-hybridized carbons (Fsp3) is 0.583. The number of aryl methyl sites for hydroxylation is 1. The van der Waals surface area contributed by atoms with Crippen molar-refractivity contribution in [2.75, 3.05) is 6.54 Å². The molecule has 1 aromatic heterocycles. The highest BCUT2D eigenvalue weighted by molar-refractivity contribution is 6.02. The van der Waals surface area contributed by atoms with Crippen molar-refractivity contribution in [1.29, 1.82) is 0 Å². The Morgan fingerprint density at radius 3 is 2.14 bits per heavy atom. The maximum Gasteiger partial charge on any atom is 0.267 e. The molecule has 0 atom stereocenters. The maximum absolute atomic E-state index is 12.7. The van der Waals surface area contributed by atoms with Crippen molar-refractivity contribution in [3.05, 3.63) is 40.2 Å². The first-order valence-electron chi connectivity index (χ1n) is 11.2. The van der Waals surface area contributed by atoms with Gasteiger partial charge < -0.3 is 15.0 Å². The summed E-state index contributed by atoms with van der Waals surface area (Å²) in [5.74, 6) is -0.716. The summed E-state index contributed by atoms with van der Waals surface area (Å²) in [7, 11) is 0. The molecule has 0 fully saturated rings. The third kappa shape index (κ3) is 6.34. The molecule has 0 bridgehead atoms. The predicted molar refractivity (Wildman–Crippen MR) is 120 cm³/mol. The fourth-order valence-corrected chi connectivity index (χ4v) is 3.81. The fourth-order valence-electron chi connectivity index (χ4n) is 3.81. The van der Waals surface area contributed by atoms with E-state index in [0.29, 0.717) is 24.0 Å². The lowest BCUT2D eigenvalue weighted by molar-refractivity contribution is 0.0948. The van der Waals surface area contributed by atoms with E-state index in [-0.39, 0.29) is 11.3 Å². The molecule has 2 aromatic rings. The van der Waals surface area contributed by atoms with Crippen molar-refractivity contribution in [2.24, 2.45) is 0 Å². The monoisotopic (exact) mass is 400 g/mol. The summed E-state index contributed by atoms with van der Waals surface area (Å²) in [6, 6.07) is 7.12. The van der Waals surface area contributed by atoms with Crippen LogP contribution in [0.4, 0.5) is 0 Å². The number of benzene rings is 1. The Hall–Kier alpha value is -2.30. The Bertz CT molecular complexity index is 842. The number of amides is 1. The summed E-state index contributed by atoms with van der Waals surface area (Å²) in [5, 5.41) is 13.9. The lowest BCUT2D eigenvalue weighted by Crippen LogP contribution is -2.33. The Morgan fingerprint density at radius 1 is 0.931 bits per heavy atom. The molecule has 0 aliphatic rings. The zero-order valence-corrected chi connectivity index (χ0v) is 18.0. The van der Waals surface area contributed by atoms with Gasteiger partial charge in [0, 0.05) is 18.5 Å². The van der Waals surface area contributed by atoms with Gasteiger partial charge in [-0.2, -0.15) is 0 Å². The number of hydrogen-bond acceptors (Lipinski definition) is 3. The average Bonchev–Trinajstić information content (AvgIpc) is 2.72. The molecule has 29 heavy (non-hydrogen) atoms. The van der Waals surface area contributed by atoms with E-state index in [1.54, 1.807) is 18.2 Å². The first-order valence-corrected chi connectivity index (χ1v) is 11.2. The van der Waals surface area contributed by atoms with E-state index < -0.39 is 11.5 Å². The van der Waals surface area contributed by atoms with Gasteiger partial charge in [-0.25, -0.2) is 0 Å². The quantitative estimate of drug-likeness (QED) is 0.444. The van der Waals surface area contributed by atoms with Crippen molar-refractivity contribution in [3.63, 3.8) is 0 Å². The van der Waals surface area contributed by atoms with Gasteiger partial charge >= 0.3 is 0 Å². The number of nitrogens with zero attached hydrogens (tertiary/aromatic N) is 1. The van der Waals surface area contributed by atoms with Crippen LogP contribution in [0.15, 0.2) is 29.1 Å². The SMILES string of the molecule is CCCCCCCCCCCCNC(=O)c1c(O)c2ccccc2n(CC)c1=O. The molecule has 2 N–H and O–H groups in total. The van der Waals surface area contributed by atoms with Crippen LogP contribution >= 0.6 is 0 Å². The molecule has 1 aromatic carbocycles. The number of para-hydroxylation sites is 1. The van der Waals surface area contributed by atoms with Crippen molar-refractivity contribution >= 4 is 16.8 Å². The van der Waals surface area contributed by atoms with Crippen molar-refractivity contribution in [1.82, 2.24) is 9.88 Å². The first kappa shape index (κ1) is 23.0. The van der Waals surface area contributed by atoms with Gasteiger partial charge in [0.2, 0.25) is 0 Å². The minimum absolute atomic E-state index is 0.155. The Labute approximate surface area is 174 Å². The summed E-state index contributed by atoms with van der Waals surface area (Å²) in [5.41, 5.74) is 0.0469. The predicted octanol–water partition coefficient (Wildman–Crippen LogP) is 5.38. The molecule has 0 aliphatic carbocycles. The number of aromatic hydroxyl groups is 1. The molecule has 0 saturated heterocycles. The van der Waals surface area contributed by atoms with Gasteiger partial charge in [0.15, 0.2) is 0 Å². The first-order chi connectivity index (χ1) is 14.1. The maximum atomic E-state index is 12.7. The molecule has 0 saturated carbocycles. The Morgan fingerprint density at radius 2 is 1.52 bits per heavy atom. The molecule has 0 aliphatic heterocycles. The topological polar surface area (TPSA) is 71.3 Å². The molecule has 160 valence electrons. The van der Waals surface area contributed by atoms with Crippen LogP contribution in [0.2, 0.25) is 0 Å². The smallest absolute Gasteiger partial charge is 0.267 e. The van der Waals surface area contributed by atoms with E-state index in [1.165, 1.54) is 55.9 Å². The van der Waals surface area contributed by atoms with Gasteiger partial charge in [-0.05, 0) is 25.5 Å². The third-order valence-electron chi connectivity index (χ3n) is 5.50. The highest BCUT2D eigenvalue weighted by atomic mass is 16.3. The number of nitrogens with one attached hydrogen (secondary N) is 1. The molecule has 0 unspecified atom stereocenters. The molecule has 0 spiro atoms. The highest BCUT2D eigenvalue weighted by Crippen LogP contribution is 2.26. The summed E-state index contributed by atoms with van der Waals surface area (Å²) in [6.07, 6.45) is 12.3. The highest BCUT2D eigenvalue weighted by Gasteiger charge is 2.21. The molecule has 1 heterocycles. The second-order valence-electron chi connectivity index (χ2n) is 7.73. The van der Waals surface area contributed by atoms with Gasteiger partial charge in [-0.1, -0.05) is 76.8 Å². The Kier molecular flexibility index (Phi) is 9.75. The average molecular weight is 401 g/mol.